The molecule has 1 aromatic carbocycles. The first kappa shape index (κ1) is 14.2. The zero-order valence-electron chi connectivity index (χ0n) is 11.9. The first-order chi connectivity index (χ1) is 10.7. The van der Waals surface area contributed by atoms with Crippen molar-refractivity contribution in [1.29, 1.82) is 0 Å². The van der Waals surface area contributed by atoms with Crippen LogP contribution in [0.1, 0.15) is 26.6 Å². The lowest BCUT2D eigenvalue weighted by Crippen LogP contribution is -2.12. The molecule has 0 unspecified atom stereocenters. The fraction of sp³-hybridized carbons (Fsp3) is 0.0556. The molecule has 0 aliphatic heterocycles. The van der Waals surface area contributed by atoms with E-state index >= 15 is 0 Å². The molecule has 2 aromatic heterocycles. The number of furan rings is 1. The maximum absolute atomic E-state index is 12.1. The van der Waals surface area contributed by atoms with Crippen molar-refractivity contribution in [3.8, 4) is 11.8 Å². The fourth-order valence-electron chi connectivity index (χ4n) is 1.98. The minimum atomic E-state index is -0.186. The molecule has 0 spiro atoms. The van der Waals surface area contributed by atoms with Crippen LogP contribution >= 0.6 is 11.3 Å². The van der Waals surface area contributed by atoms with Crippen molar-refractivity contribution in [3.05, 3.63) is 75.9 Å². The highest BCUT2D eigenvalue weighted by Crippen LogP contribution is 2.15. The van der Waals surface area contributed by atoms with Gasteiger partial charge in [-0.2, -0.15) is 0 Å². The molecule has 0 saturated heterocycles. The van der Waals surface area contributed by atoms with Crippen molar-refractivity contribution < 1.29 is 9.21 Å². The molecule has 0 bridgehead atoms. The second-order valence-electron chi connectivity index (χ2n) is 4.65. The quantitative estimate of drug-likeness (QED) is 0.717. The summed E-state index contributed by atoms with van der Waals surface area (Å²) in [6.07, 6.45) is 1.51. The van der Waals surface area contributed by atoms with Crippen LogP contribution in [0.15, 0.2) is 58.5 Å². The Morgan fingerprint density at radius 3 is 2.82 bits per heavy atom. The molecule has 3 rings (SSSR count). The lowest BCUT2D eigenvalue weighted by molar-refractivity contribution is 0.102. The molecule has 3 aromatic rings. The number of carbonyl (C=O) groups excluding carboxylic acids is 1. The van der Waals surface area contributed by atoms with Gasteiger partial charge in [-0.05, 0) is 42.6 Å². The van der Waals surface area contributed by atoms with Crippen molar-refractivity contribution in [3.63, 3.8) is 0 Å². The summed E-state index contributed by atoms with van der Waals surface area (Å²) in [5.41, 5.74) is 2.11. The van der Waals surface area contributed by atoms with Gasteiger partial charge in [0, 0.05) is 11.3 Å². The number of benzene rings is 1. The van der Waals surface area contributed by atoms with Crippen LogP contribution in [0.2, 0.25) is 0 Å². The van der Waals surface area contributed by atoms with Gasteiger partial charge >= 0.3 is 0 Å². The summed E-state index contributed by atoms with van der Waals surface area (Å²) in [6.45, 7) is 1.76. The molecular formula is C18H13NO2S. The second kappa shape index (κ2) is 6.33. The van der Waals surface area contributed by atoms with Gasteiger partial charge in [0.15, 0.2) is 0 Å². The Hall–Kier alpha value is -2.77. The Labute approximate surface area is 132 Å². The largest absolute Gasteiger partial charge is 0.469 e. The minimum Gasteiger partial charge on any atom is -0.469 e. The van der Waals surface area contributed by atoms with Gasteiger partial charge in [0.05, 0.1) is 16.7 Å². The minimum absolute atomic E-state index is 0.186. The highest BCUT2D eigenvalue weighted by Gasteiger charge is 2.11. The third-order valence-corrected chi connectivity index (χ3v) is 3.86. The number of hydrogen-bond acceptors (Lipinski definition) is 3. The van der Waals surface area contributed by atoms with Crippen LogP contribution < -0.4 is 5.32 Å². The molecule has 0 aliphatic carbocycles. The summed E-state index contributed by atoms with van der Waals surface area (Å²) in [4.78, 5) is 13.2. The van der Waals surface area contributed by atoms with Crippen LogP contribution in [-0.4, -0.2) is 5.91 Å². The molecule has 0 fully saturated rings. The monoisotopic (exact) mass is 307 g/mol. The SMILES string of the molecule is Cc1occc1C(=O)Nc1cccc(C#Cc2cccs2)c1. The van der Waals surface area contributed by atoms with E-state index in [0.717, 1.165) is 10.4 Å². The predicted molar refractivity (Wildman–Crippen MR) is 88.1 cm³/mol. The van der Waals surface area contributed by atoms with Gasteiger partial charge in [0.2, 0.25) is 0 Å². The van der Waals surface area contributed by atoms with Gasteiger partial charge in [-0.1, -0.05) is 24.0 Å². The van der Waals surface area contributed by atoms with Crippen molar-refractivity contribution >= 4 is 22.9 Å². The summed E-state index contributed by atoms with van der Waals surface area (Å²) >= 11 is 1.60. The van der Waals surface area contributed by atoms with Gasteiger partial charge in [0.25, 0.3) is 5.91 Å². The maximum atomic E-state index is 12.1. The summed E-state index contributed by atoms with van der Waals surface area (Å²) in [5.74, 6) is 6.61. The van der Waals surface area contributed by atoms with E-state index in [0.29, 0.717) is 17.0 Å². The number of hydrogen-bond donors (Lipinski definition) is 1. The molecule has 0 saturated carbocycles. The van der Waals surface area contributed by atoms with Crippen molar-refractivity contribution in [2.45, 2.75) is 6.92 Å². The van der Waals surface area contributed by atoms with Crippen LogP contribution in [0.3, 0.4) is 0 Å². The topological polar surface area (TPSA) is 42.2 Å². The Bertz CT molecular complexity index is 851. The Morgan fingerprint density at radius 2 is 2.09 bits per heavy atom. The number of rotatable bonds is 2. The van der Waals surface area contributed by atoms with E-state index in [2.05, 4.69) is 17.2 Å². The van der Waals surface area contributed by atoms with Gasteiger partial charge in [-0.15, -0.1) is 11.3 Å². The normalized spacial score (nSPS) is 9.86. The van der Waals surface area contributed by atoms with Crippen molar-refractivity contribution in [2.24, 2.45) is 0 Å². The number of thiophene rings is 1. The molecule has 0 radical (unpaired) electrons. The number of nitrogens with one attached hydrogen (secondary N) is 1. The highest BCUT2D eigenvalue weighted by atomic mass is 32.1. The third-order valence-electron chi connectivity index (χ3n) is 3.08. The van der Waals surface area contributed by atoms with E-state index in [-0.39, 0.29) is 5.91 Å². The smallest absolute Gasteiger partial charge is 0.259 e. The Kier molecular flexibility index (Phi) is 4.08. The average molecular weight is 307 g/mol. The van der Waals surface area contributed by atoms with Crippen molar-refractivity contribution in [1.82, 2.24) is 0 Å². The number of carbonyl (C=O) groups is 1. The van der Waals surface area contributed by atoms with E-state index in [4.69, 9.17) is 4.42 Å². The molecule has 3 nitrogen and oxygen atoms in total. The maximum Gasteiger partial charge on any atom is 0.259 e. The van der Waals surface area contributed by atoms with E-state index < -0.39 is 0 Å². The molecule has 0 aliphatic rings. The fourth-order valence-corrected chi connectivity index (χ4v) is 2.55. The highest BCUT2D eigenvalue weighted by molar-refractivity contribution is 7.10. The first-order valence-corrected chi connectivity index (χ1v) is 7.61. The Balaban J connectivity index is 1.77. The van der Waals surface area contributed by atoms with E-state index in [1.165, 1.54) is 6.26 Å². The molecule has 0 atom stereocenters. The summed E-state index contributed by atoms with van der Waals surface area (Å²) in [6, 6.07) is 13.1. The van der Waals surface area contributed by atoms with E-state index in [1.54, 1.807) is 24.3 Å². The first-order valence-electron chi connectivity index (χ1n) is 6.73. The van der Waals surface area contributed by atoms with Crippen LogP contribution in [-0.2, 0) is 0 Å². The Morgan fingerprint density at radius 1 is 1.18 bits per heavy atom. The third kappa shape index (κ3) is 3.27. The number of amides is 1. The van der Waals surface area contributed by atoms with Crippen LogP contribution in [0.25, 0.3) is 0 Å². The van der Waals surface area contributed by atoms with Crippen LogP contribution in [0.4, 0.5) is 5.69 Å². The van der Waals surface area contributed by atoms with Gasteiger partial charge in [0.1, 0.15) is 5.76 Å². The standard InChI is InChI=1S/C18H13NO2S/c1-13-17(9-10-21-13)18(20)19-15-5-2-4-14(12-15)7-8-16-6-3-11-22-16/h2-6,9-12H,1H3,(H,19,20). The molecule has 1 N–H and O–H groups in total. The second-order valence-corrected chi connectivity index (χ2v) is 5.60. The number of anilines is 1. The zero-order chi connectivity index (χ0) is 15.4. The molecule has 22 heavy (non-hydrogen) atoms. The van der Waals surface area contributed by atoms with Crippen LogP contribution in [0.5, 0.6) is 0 Å². The molecular weight excluding hydrogens is 294 g/mol. The predicted octanol–water partition coefficient (Wildman–Crippen LogP) is 4.30. The molecule has 4 heteroatoms. The van der Waals surface area contributed by atoms with Gasteiger partial charge < -0.3 is 9.73 Å². The number of aryl methyl sites for hydroxylation is 1. The molecule has 2 heterocycles. The van der Waals surface area contributed by atoms with Crippen molar-refractivity contribution in [2.75, 3.05) is 5.32 Å². The lowest BCUT2D eigenvalue weighted by atomic mass is 10.2. The summed E-state index contributed by atoms with van der Waals surface area (Å²) in [7, 11) is 0. The summed E-state index contributed by atoms with van der Waals surface area (Å²) in [5, 5.41) is 4.85. The average Bonchev–Trinajstić information content (AvgIpc) is 3.16. The van der Waals surface area contributed by atoms with E-state index in [1.807, 2.05) is 41.8 Å². The molecule has 1 amide bonds. The van der Waals surface area contributed by atoms with Gasteiger partial charge in [-0.25, -0.2) is 0 Å². The summed E-state index contributed by atoms with van der Waals surface area (Å²) < 4.78 is 5.14. The molecule has 108 valence electrons. The van der Waals surface area contributed by atoms with Gasteiger partial charge in [-0.3, -0.25) is 4.79 Å². The lowest BCUT2D eigenvalue weighted by Gasteiger charge is -2.04. The zero-order valence-corrected chi connectivity index (χ0v) is 12.7. The van der Waals surface area contributed by atoms with Crippen LogP contribution in [0, 0.1) is 18.8 Å². The van der Waals surface area contributed by atoms with E-state index in [9.17, 15) is 4.79 Å².